The van der Waals surface area contributed by atoms with E-state index in [9.17, 15) is 0 Å². The number of hydrogen-bond donors (Lipinski definition) is 1. The second kappa shape index (κ2) is 6.02. The molecule has 2 N–H and O–H groups in total. The van der Waals surface area contributed by atoms with E-state index >= 15 is 0 Å². The topological polar surface area (TPSA) is 29.3 Å². The normalized spacial score (nSPS) is 27.0. The number of piperidine rings is 1. The summed E-state index contributed by atoms with van der Waals surface area (Å²) in [4.78, 5) is 2.64. The van der Waals surface area contributed by atoms with Crippen molar-refractivity contribution in [2.24, 2.45) is 17.6 Å². The van der Waals surface area contributed by atoms with Gasteiger partial charge in [0.05, 0.1) is 0 Å². The number of nitrogens with two attached hydrogens (primary N) is 1. The molecule has 0 radical (unpaired) electrons. The van der Waals surface area contributed by atoms with Crippen LogP contribution in [-0.2, 0) is 0 Å². The first kappa shape index (κ1) is 14.0. The molecule has 0 bridgehead atoms. The van der Waals surface area contributed by atoms with Crippen LogP contribution in [0.1, 0.15) is 53.4 Å². The van der Waals surface area contributed by atoms with Crippen molar-refractivity contribution in [3.63, 3.8) is 0 Å². The predicted octanol–water partition coefficient (Wildman–Crippen LogP) is 2.87. The lowest BCUT2D eigenvalue weighted by molar-refractivity contribution is 0.0538. The zero-order chi connectivity index (χ0) is 12.2. The molecular formula is C14H30N2. The van der Waals surface area contributed by atoms with Gasteiger partial charge in [-0.15, -0.1) is 0 Å². The van der Waals surface area contributed by atoms with Gasteiger partial charge in [-0.2, -0.15) is 0 Å². The van der Waals surface area contributed by atoms with Crippen LogP contribution in [0.3, 0.4) is 0 Å². The Balaban J connectivity index is 2.55. The van der Waals surface area contributed by atoms with E-state index in [-0.39, 0.29) is 5.54 Å². The van der Waals surface area contributed by atoms with Crippen molar-refractivity contribution < 1.29 is 0 Å². The van der Waals surface area contributed by atoms with Crippen LogP contribution in [0.2, 0.25) is 0 Å². The fraction of sp³-hybridized carbons (Fsp3) is 1.00. The van der Waals surface area contributed by atoms with E-state index in [2.05, 4.69) is 32.6 Å². The molecular weight excluding hydrogens is 196 g/mol. The summed E-state index contributed by atoms with van der Waals surface area (Å²) in [6.07, 6.45) is 5.27. The molecule has 1 heterocycles. The highest BCUT2D eigenvalue weighted by atomic mass is 15.2. The fourth-order valence-corrected chi connectivity index (χ4v) is 2.67. The molecule has 0 aliphatic carbocycles. The fourth-order valence-electron chi connectivity index (χ4n) is 2.67. The quantitative estimate of drug-likeness (QED) is 0.781. The van der Waals surface area contributed by atoms with Crippen molar-refractivity contribution in [2.45, 2.75) is 58.9 Å². The molecule has 16 heavy (non-hydrogen) atoms. The lowest BCUT2D eigenvalue weighted by atomic mass is 9.87. The Kier molecular flexibility index (Phi) is 5.26. The summed E-state index contributed by atoms with van der Waals surface area (Å²) < 4.78 is 0. The van der Waals surface area contributed by atoms with Crippen LogP contribution in [0.15, 0.2) is 0 Å². The molecule has 1 aliphatic heterocycles. The summed E-state index contributed by atoms with van der Waals surface area (Å²) in [5, 5.41) is 0. The first-order valence-corrected chi connectivity index (χ1v) is 6.93. The lowest BCUT2D eigenvalue weighted by Crippen LogP contribution is -2.55. The van der Waals surface area contributed by atoms with Crippen LogP contribution in [0.25, 0.3) is 0 Å². The van der Waals surface area contributed by atoms with Crippen molar-refractivity contribution in [3.8, 4) is 0 Å². The summed E-state index contributed by atoms with van der Waals surface area (Å²) >= 11 is 0. The van der Waals surface area contributed by atoms with Crippen LogP contribution in [0, 0.1) is 11.8 Å². The summed E-state index contributed by atoms with van der Waals surface area (Å²) in [6, 6.07) is 0. The predicted molar refractivity (Wildman–Crippen MR) is 71.5 cm³/mol. The third-order valence-electron chi connectivity index (χ3n) is 4.12. The molecule has 1 saturated heterocycles. The maximum absolute atomic E-state index is 6.03. The standard InChI is InChI=1S/C14H30N2/c1-12(2)7-8-14(4,11-15)16-9-5-6-13(3)10-16/h12-13H,5-11,15H2,1-4H3. The van der Waals surface area contributed by atoms with E-state index in [1.165, 1.54) is 38.8 Å². The third-order valence-corrected chi connectivity index (χ3v) is 4.12. The SMILES string of the molecule is CC(C)CCC(C)(CN)N1CCCC(C)C1. The molecule has 1 rings (SSSR count). The summed E-state index contributed by atoms with van der Waals surface area (Å²) in [5.41, 5.74) is 6.26. The Hall–Kier alpha value is -0.0800. The van der Waals surface area contributed by atoms with Gasteiger partial charge >= 0.3 is 0 Å². The minimum absolute atomic E-state index is 0.235. The molecule has 0 saturated carbocycles. The highest BCUT2D eigenvalue weighted by molar-refractivity contribution is 4.90. The highest BCUT2D eigenvalue weighted by Crippen LogP contribution is 2.28. The molecule has 0 spiro atoms. The van der Waals surface area contributed by atoms with Gasteiger partial charge in [-0.1, -0.05) is 20.8 Å². The van der Waals surface area contributed by atoms with Crippen LogP contribution in [0.4, 0.5) is 0 Å². The second-order valence-corrected chi connectivity index (χ2v) is 6.33. The molecule has 2 nitrogen and oxygen atoms in total. The minimum atomic E-state index is 0.235. The molecule has 0 amide bonds. The van der Waals surface area contributed by atoms with E-state index in [1.54, 1.807) is 0 Å². The van der Waals surface area contributed by atoms with Gasteiger partial charge in [0.1, 0.15) is 0 Å². The Bertz CT molecular complexity index is 203. The van der Waals surface area contributed by atoms with Crippen molar-refractivity contribution in [1.82, 2.24) is 4.90 Å². The Morgan fingerprint density at radius 3 is 2.62 bits per heavy atom. The summed E-state index contributed by atoms with van der Waals surface area (Å²) in [7, 11) is 0. The van der Waals surface area contributed by atoms with Crippen LogP contribution < -0.4 is 5.73 Å². The van der Waals surface area contributed by atoms with Gasteiger partial charge in [0.2, 0.25) is 0 Å². The van der Waals surface area contributed by atoms with Gasteiger partial charge in [-0.25, -0.2) is 0 Å². The van der Waals surface area contributed by atoms with E-state index in [4.69, 9.17) is 5.73 Å². The van der Waals surface area contributed by atoms with Crippen molar-refractivity contribution >= 4 is 0 Å². The Morgan fingerprint density at radius 1 is 1.44 bits per heavy atom. The van der Waals surface area contributed by atoms with Gasteiger partial charge in [0.15, 0.2) is 0 Å². The molecule has 0 aromatic heterocycles. The zero-order valence-corrected chi connectivity index (χ0v) is 11.6. The molecule has 2 unspecified atom stereocenters. The lowest BCUT2D eigenvalue weighted by Gasteiger charge is -2.45. The molecule has 2 atom stereocenters. The van der Waals surface area contributed by atoms with Gasteiger partial charge in [0, 0.05) is 18.6 Å². The molecule has 1 aliphatic rings. The number of hydrogen-bond acceptors (Lipinski definition) is 2. The smallest absolute Gasteiger partial charge is 0.0303 e. The number of likely N-dealkylation sites (tertiary alicyclic amines) is 1. The average Bonchev–Trinajstić information content (AvgIpc) is 2.26. The maximum Gasteiger partial charge on any atom is 0.0303 e. The summed E-state index contributed by atoms with van der Waals surface area (Å²) in [5.74, 6) is 1.63. The monoisotopic (exact) mass is 226 g/mol. The van der Waals surface area contributed by atoms with Crippen molar-refractivity contribution in [2.75, 3.05) is 19.6 Å². The van der Waals surface area contributed by atoms with Crippen LogP contribution in [-0.4, -0.2) is 30.1 Å². The van der Waals surface area contributed by atoms with Crippen molar-refractivity contribution in [3.05, 3.63) is 0 Å². The maximum atomic E-state index is 6.03. The van der Waals surface area contributed by atoms with Gasteiger partial charge in [0.25, 0.3) is 0 Å². The van der Waals surface area contributed by atoms with Gasteiger partial charge in [-0.05, 0) is 51.0 Å². The molecule has 2 heteroatoms. The van der Waals surface area contributed by atoms with Gasteiger partial charge < -0.3 is 5.73 Å². The first-order chi connectivity index (χ1) is 7.48. The van der Waals surface area contributed by atoms with Gasteiger partial charge in [-0.3, -0.25) is 4.90 Å². The van der Waals surface area contributed by atoms with Crippen LogP contribution >= 0.6 is 0 Å². The Labute approximate surface area is 102 Å². The van der Waals surface area contributed by atoms with E-state index in [0.717, 1.165) is 18.4 Å². The van der Waals surface area contributed by atoms with E-state index in [0.29, 0.717) is 0 Å². The van der Waals surface area contributed by atoms with Crippen molar-refractivity contribution in [1.29, 1.82) is 0 Å². The minimum Gasteiger partial charge on any atom is -0.329 e. The zero-order valence-electron chi connectivity index (χ0n) is 11.6. The summed E-state index contributed by atoms with van der Waals surface area (Å²) in [6.45, 7) is 12.6. The van der Waals surface area contributed by atoms with E-state index < -0.39 is 0 Å². The number of nitrogens with zero attached hydrogens (tertiary/aromatic N) is 1. The molecule has 96 valence electrons. The first-order valence-electron chi connectivity index (χ1n) is 6.93. The molecule has 0 aromatic carbocycles. The largest absolute Gasteiger partial charge is 0.329 e. The molecule has 1 fully saturated rings. The second-order valence-electron chi connectivity index (χ2n) is 6.33. The van der Waals surface area contributed by atoms with E-state index in [1.807, 2.05) is 0 Å². The van der Waals surface area contributed by atoms with Crippen LogP contribution in [0.5, 0.6) is 0 Å². The molecule has 0 aromatic rings. The third kappa shape index (κ3) is 3.74. The average molecular weight is 226 g/mol. The highest BCUT2D eigenvalue weighted by Gasteiger charge is 2.32. The number of rotatable bonds is 5. The Morgan fingerprint density at radius 2 is 2.12 bits per heavy atom.